The van der Waals surface area contributed by atoms with Gasteiger partial charge in [0.15, 0.2) is 0 Å². The van der Waals surface area contributed by atoms with Gasteiger partial charge in [0.05, 0.1) is 20.3 Å². The van der Waals surface area contributed by atoms with E-state index < -0.39 is 0 Å². The normalized spacial score (nSPS) is 10.2. The summed E-state index contributed by atoms with van der Waals surface area (Å²) in [6, 6.07) is 3.54. The number of rotatable bonds is 3. The van der Waals surface area contributed by atoms with Crippen molar-refractivity contribution in [1.29, 1.82) is 0 Å². The fourth-order valence-corrected chi connectivity index (χ4v) is 1.25. The number of hydrogen-bond donors (Lipinski definition) is 2. The number of aliphatic hydroxyl groups excluding tert-OH is 2. The van der Waals surface area contributed by atoms with Crippen LogP contribution in [0.25, 0.3) is 0 Å². The number of aliphatic hydroxyl groups is 2. The number of benzene rings is 1. The molecule has 72 valence electrons. The van der Waals surface area contributed by atoms with Crippen molar-refractivity contribution in [1.82, 2.24) is 0 Å². The third-order valence-electron chi connectivity index (χ3n) is 2.17. The van der Waals surface area contributed by atoms with E-state index in [-0.39, 0.29) is 13.2 Å². The van der Waals surface area contributed by atoms with Crippen LogP contribution in [0.15, 0.2) is 12.1 Å². The van der Waals surface area contributed by atoms with Gasteiger partial charge in [-0.15, -0.1) is 0 Å². The third kappa shape index (κ3) is 1.99. The molecule has 0 aromatic heterocycles. The van der Waals surface area contributed by atoms with E-state index in [0.29, 0.717) is 5.75 Å². The Bertz CT molecular complexity index is 269. The zero-order valence-corrected chi connectivity index (χ0v) is 7.87. The maximum atomic E-state index is 9.02. The zero-order valence-electron chi connectivity index (χ0n) is 7.87. The van der Waals surface area contributed by atoms with Crippen LogP contribution in [-0.4, -0.2) is 17.3 Å². The molecule has 1 aromatic rings. The summed E-state index contributed by atoms with van der Waals surface area (Å²) in [6.45, 7) is 1.81. The molecule has 0 bridgehead atoms. The van der Waals surface area contributed by atoms with Crippen molar-refractivity contribution in [3.8, 4) is 5.75 Å². The molecule has 0 unspecified atom stereocenters. The van der Waals surface area contributed by atoms with E-state index in [1.165, 1.54) is 0 Å². The van der Waals surface area contributed by atoms with Crippen LogP contribution in [0.5, 0.6) is 5.75 Å². The summed E-state index contributed by atoms with van der Waals surface area (Å²) in [5, 5.41) is 18.0. The van der Waals surface area contributed by atoms with Crippen LogP contribution in [0, 0.1) is 6.92 Å². The Labute approximate surface area is 77.6 Å². The second-order valence-corrected chi connectivity index (χ2v) is 2.89. The molecule has 0 aliphatic rings. The zero-order chi connectivity index (χ0) is 9.84. The quantitative estimate of drug-likeness (QED) is 0.732. The molecule has 2 N–H and O–H groups in total. The predicted octanol–water partition coefficient (Wildman–Crippen LogP) is 0.988. The molecule has 0 saturated carbocycles. The van der Waals surface area contributed by atoms with Crippen molar-refractivity contribution in [3.63, 3.8) is 0 Å². The fourth-order valence-electron chi connectivity index (χ4n) is 1.25. The Balaban J connectivity index is 3.20. The molecule has 0 aliphatic heterocycles. The first kappa shape index (κ1) is 10.0. The van der Waals surface area contributed by atoms with Crippen LogP contribution in [0.4, 0.5) is 0 Å². The Hall–Kier alpha value is -1.06. The third-order valence-corrected chi connectivity index (χ3v) is 2.17. The van der Waals surface area contributed by atoms with E-state index in [4.69, 9.17) is 14.9 Å². The minimum atomic E-state index is -0.0317. The van der Waals surface area contributed by atoms with Gasteiger partial charge >= 0.3 is 0 Å². The molecule has 0 atom stereocenters. The average molecular weight is 182 g/mol. The number of hydrogen-bond acceptors (Lipinski definition) is 3. The summed E-state index contributed by atoms with van der Waals surface area (Å²) in [7, 11) is 1.56. The van der Waals surface area contributed by atoms with Crippen molar-refractivity contribution in [3.05, 3.63) is 28.8 Å². The lowest BCUT2D eigenvalue weighted by Gasteiger charge is -2.10. The molecule has 0 spiro atoms. The van der Waals surface area contributed by atoms with Gasteiger partial charge in [0.1, 0.15) is 5.75 Å². The molecule has 1 rings (SSSR count). The van der Waals surface area contributed by atoms with Gasteiger partial charge in [0.25, 0.3) is 0 Å². The fraction of sp³-hybridized carbons (Fsp3) is 0.400. The highest BCUT2D eigenvalue weighted by molar-refractivity contribution is 5.41. The van der Waals surface area contributed by atoms with Crippen molar-refractivity contribution in [2.75, 3.05) is 7.11 Å². The molecule has 3 nitrogen and oxygen atoms in total. The topological polar surface area (TPSA) is 49.7 Å². The average Bonchev–Trinajstić information content (AvgIpc) is 2.18. The first-order valence-corrected chi connectivity index (χ1v) is 4.11. The van der Waals surface area contributed by atoms with Crippen molar-refractivity contribution in [2.24, 2.45) is 0 Å². The Morgan fingerprint density at radius 2 is 1.62 bits per heavy atom. The van der Waals surface area contributed by atoms with Crippen molar-refractivity contribution < 1.29 is 14.9 Å². The van der Waals surface area contributed by atoms with Crippen LogP contribution >= 0.6 is 0 Å². The summed E-state index contributed by atoms with van der Waals surface area (Å²) < 4.78 is 5.03. The lowest BCUT2D eigenvalue weighted by molar-refractivity contribution is 0.272. The first-order chi connectivity index (χ1) is 6.22. The molecule has 3 heteroatoms. The maximum Gasteiger partial charge on any atom is 0.119 e. The highest BCUT2D eigenvalue weighted by Crippen LogP contribution is 2.22. The van der Waals surface area contributed by atoms with Crippen LogP contribution < -0.4 is 4.74 Å². The van der Waals surface area contributed by atoms with Gasteiger partial charge in [-0.05, 0) is 35.7 Å². The van der Waals surface area contributed by atoms with Gasteiger partial charge in [0.2, 0.25) is 0 Å². The Morgan fingerprint density at radius 1 is 1.15 bits per heavy atom. The summed E-state index contributed by atoms with van der Waals surface area (Å²) in [5.74, 6) is 0.665. The maximum absolute atomic E-state index is 9.02. The van der Waals surface area contributed by atoms with E-state index in [1.807, 2.05) is 6.92 Å². The van der Waals surface area contributed by atoms with E-state index in [9.17, 15) is 0 Å². The predicted molar refractivity (Wildman–Crippen MR) is 49.6 cm³/mol. The second kappa shape index (κ2) is 4.25. The summed E-state index contributed by atoms with van der Waals surface area (Å²) in [4.78, 5) is 0. The SMILES string of the molecule is COc1cc(CO)c(C)c(CO)c1. The standard InChI is InChI=1S/C10H14O3/c1-7-8(5-11)3-10(13-2)4-9(7)6-12/h3-4,11-12H,5-6H2,1-2H3. The van der Waals surface area contributed by atoms with Gasteiger partial charge < -0.3 is 14.9 Å². The smallest absolute Gasteiger partial charge is 0.119 e. The Kier molecular flexibility index (Phi) is 3.28. The first-order valence-electron chi connectivity index (χ1n) is 4.11. The minimum Gasteiger partial charge on any atom is -0.497 e. The van der Waals surface area contributed by atoms with Gasteiger partial charge in [-0.1, -0.05) is 0 Å². The van der Waals surface area contributed by atoms with Crippen LogP contribution in [0.2, 0.25) is 0 Å². The van der Waals surface area contributed by atoms with Crippen molar-refractivity contribution >= 4 is 0 Å². The molecule has 0 fully saturated rings. The molecular weight excluding hydrogens is 168 g/mol. The van der Waals surface area contributed by atoms with E-state index in [2.05, 4.69) is 0 Å². The largest absolute Gasteiger partial charge is 0.497 e. The van der Waals surface area contributed by atoms with Crippen LogP contribution in [0.3, 0.4) is 0 Å². The van der Waals surface area contributed by atoms with E-state index in [0.717, 1.165) is 16.7 Å². The molecule has 0 amide bonds. The lowest BCUT2D eigenvalue weighted by Crippen LogP contribution is -1.97. The lowest BCUT2D eigenvalue weighted by atomic mass is 10.0. The molecule has 13 heavy (non-hydrogen) atoms. The van der Waals surface area contributed by atoms with Crippen LogP contribution in [-0.2, 0) is 13.2 Å². The van der Waals surface area contributed by atoms with Gasteiger partial charge in [-0.25, -0.2) is 0 Å². The molecular formula is C10H14O3. The van der Waals surface area contributed by atoms with Crippen molar-refractivity contribution in [2.45, 2.75) is 20.1 Å². The van der Waals surface area contributed by atoms with Crippen LogP contribution in [0.1, 0.15) is 16.7 Å². The van der Waals surface area contributed by atoms with Gasteiger partial charge in [-0.2, -0.15) is 0 Å². The molecule has 0 aliphatic carbocycles. The molecule has 0 heterocycles. The van der Waals surface area contributed by atoms with E-state index >= 15 is 0 Å². The Morgan fingerprint density at radius 3 is 1.92 bits per heavy atom. The molecule has 0 saturated heterocycles. The summed E-state index contributed by atoms with van der Waals surface area (Å²) in [5.41, 5.74) is 2.51. The number of ether oxygens (including phenoxy) is 1. The summed E-state index contributed by atoms with van der Waals surface area (Å²) in [6.07, 6.45) is 0. The monoisotopic (exact) mass is 182 g/mol. The molecule has 1 aromatic carbocycles. The summed E-state index contributed by atoms with van der Waals surface area (Å²) >= 11 is 0. The highest BCUT2D eigenvalue weighted by atomic mass is 16.5. The molecule has 0 radical (unpaired) electrons. The highest BCUT2D eigenvalue weighted by Gasteiger charge is 2.05. The second-order valence-electron chi connectivity index (χ2n) is 2.89. The number of methoxy groups -OCH3 is 1. The van der Waals surface area contributed by atoms with E-state index in [1.54, 1.807) is 19.2 Å². The van der Waals surface area contributed by atoms with Gasteiger partial charge in [-0.3, -0.25) is 0 Å². The van der Waals surface area contributed by atoms with Gasteiger partial charge in [0, 0.05) is 0 Å². The minimum absolute atomic E-state index is 0.0317.